The van der Waals surface area contributed by atoms with Crippen molar-refractivity contribution in [3.63, 3.8) is 0 Å². The average Bonchev–Trinajstić information content (AvgIpc) is 2.94. The molecule has 0 spiro atoms. The van der Waals surface area contributed by atoms with Crippen molar-refractivity contribution in [2.75, 3.05) is 29.3 Å². The van der Waals surface area contributed by atoms with Gasteiger partial charge >= 0.3 is 0 Å². The molecule has 0 aromatic heterocycles. The van der Waals surface area contributed by atoms with Crippen molar-refractivity contribution >= 4 is 37.0 Å². The van der Waals surface area contributed by atoms with Gasteiger partial charge in [0.1, 0.15) is 23.4 Å². The molecule has 2 aromatic carbocycles. The van der Waals surface area contributed by atoms with Crippen LogP contribution in [0.5, 0.6) is 0 Å². The van der Waals surface area contributed by atoms with Gasteiger partial charge < -0.3 is 10.2 Å². The summed E-state index contributed by atoms with van der Waals surface area (Å²) in [5, 5.41) is 2.77. The van der Waals surface area contributed by atoms with E-state index >= 15 is 0 Å². The van der Waals surface area contributed by atoms with Crippen LogP contribution in [-0.2, 0) is 24.5 Å². The zero-order chi connectivity index (χ0) is 21.6. The lowest BCUT2D eigenvalue weighted by Gasteiger charge is -2.20. The zero-order valence-electron chi connectivity index (χ0n) is 15.5. The summed E-state index contributed by atoms with van der Waals surface area (Å²) in [4.78, 5) is 13.2. The number of rotatable bonds is 5. The summed E-state index contributed by atoms with van der Waals surface area (Å²) in [7, 11) is -7.47. The molecule has 1 atom stereocenters. The monoisotopic (exact) mass is 444 g/mol. The van der Waals surface area contributed by atoms with Gasteiger partial charge in [-0.3, -0.25) is 4.79 Å². The van der Waals surface area contributed by atoms with Crippen molar-refractivity contribution in [1.82, 2.24) is 0 Å². The number of amides is 1. The second-order valence-corrected chi connectivity index (χ2v) is 10.7. The van der Waals surface area contributed by atoms with Gasteiger partial charge in [-0.05, 0) is 36.8 Å². The van der Waals surface area contributed by atoms with Gasteiger partial charge in [-0.1, -0.05) is 6.07 Å². The molecule has 156 valence electrons. The van der Waals surface area contributed by atoms with Gasteiger partial charge in [0.2, 0.25) is 5.91 Å². The highest BCUT2D eigenvalue weighted by Crippen LogP contribution is 2.31. The molecule has 0 aliphatic carbocycles. The van der Waals surface area contributed by atoms with Crippen LogP contribution in [0.4, 0.5) is 20.2 Å². The molecule has 11 heteroatoms. The standard InChI is InChI=1S/C18H18F2N2O5S2/c1-28(24,25)11-6-7-14(16(10-11)29(2,26)27)21-15-8-9-22(18(15)23)17-12(19)4-3-5-13(17)20/h3-7,10,15,21H,8-9H2,1-2H3. The highest BCUT2D eigenvalue weighted by Gasteiger charge is 2.36. The number of halogens is 2. The van der Waals surface area contributed by atoms with E-state index in [-0.39, 0.29) is 28.4 Å². The molecule has 0 saturated carbocycles. The zero-order valence-corrected chi connectivity index (χ0v) is 17.1. The predicted molar refractivity (Wildman–Crippen MR) is 103 cm³/mol. The van der Waals surface area contributed by atoms with E-state index in [9.17, 15) is 30.4 Å². The first-order valence-corrected chi connectivity index (χ1v) is 12.2. The summed E-state index contributed by atoms with van der Waals surface area (Å²) >= 11 is 0. The molecule has 1 aliphatic heterocycles. The molecule has 1 aliphatic rings. The third kappa shape index (κ3) is 4.25. The van der Waals surface area contributed by atoms with Crippen LogP contribution in [0.25, 0.3) is 0 Å². The lowest BCUT2D eigenvalue weighted by Crippen LogP contribution is -2.34. The average molecular weight is 444 g/mol. The molecule has 1 unspecified atom stereocenters. The number of anilines is 2. The molecular formula is C18H18F2N2O5S2. The topological polar surface area (TPSA) is 101 Å². The summed E-state index contributed by atoms with van der Waals surface area (Å²) in [5.41, 5.74) is -0.424. The molecule has 2 aromatic rings. The van der Waals surface area contributed by atoms with Crippen molar-refractivity contribution in [1.29, 1.82) is 0 Å². The van der Waals surface area contributed by atoms with Gasteiger partial charge in [-0.25, -0.2) is 25.6 Å². The smallest absolute Gasteiger partial charge is 0.249 e. The van der Waals surface area contributed by atoms with Crippen molar-refractivity contribution in [2.24, 2.45) is 0 Å². The Morgan fingerprint density at radius 2 is 1.62 bits per heavy atom. The first kappa shape index (κ1) is 21.2. The lowest BCUT2D eigenvalue weighted by molar-refractivity contribution is -0.117. The molecule has 7 nitrogen and oxygen atoms in total. The van der Waals surface area contributed by atoms with E-state index in [1.54, 1.807) is 0 Å². The van der Waals surface area contributed by atoms with Gasteiger partial charge in [0.05, 0.1) is 15.5 Å². The number of carbonyl (C=O) groups excluding carboxylic acids is 1. The van der Waals surface area contributed by atoms with Crippen LogP contribution in [0.2, 0.25) is 0 Å². The van der Waals surface area contributed by atoms with Crippen LogP contribution in [0.3, 0.4) is 0 Å². The summed E-state index contributed by atoms with van der Waals surface area (Å²) in [6, 6.07) is 5.83. The number of para-hydroxylation sites is 1. The van der Waals surface area contributed by atoms with Crippen LogP contribution < -0.4 is 10.2 Å². The Labute approximate surface area is 167 Å². The quantitative estimate of drug-likeness (QED) is 0.757. The van der Waals surface area contributed by atoms with Crippen LogP contribution in [0, 0.1) is 11.6 Å². The highest BCUT2D eigenvalue weighted by molar-refractivity contribution is 7.91. The molecule has 1 N–H and O–H groups in total. The fraction of sp³-hybridized carbons (Fsp3) is 0.278. The Hall–Kier alpha value is -2.53. The Morgan fingerprint density at radius 3 is 2.17 bits per heavy atom. The minimum Gasteiger partial charge on any atom is -0.373 e. The van der Waals surface area contributed by atoms with E-state index < -0.39 is 48.9 Å². The second-order valence-electron chi connectivity index (χ2n) is 6.75. The number of nitrogens with zero attached hydrogens (tertiary/aromatic N) is 1. The fourth-order valence-electron chi connectivity index (χ4n) is 3.13. The normalized spacial score (nSPS) is 17.6. The summed E-state index contributed by atoms with van der Waals surface area (Å²) in [6.45, 7) is 0.0317. The molecule has 0 bridgehead atoms. The van der Waals surface area contributed by atoms with Crippen molar-refractivity contribution in [3.05, 3.63) is 48.0 Å². The third-order valence-corrected chi connectivity index (χ3v) is 6.77. The van der Waals surface area contributed by atoms with Crippen LogP contribution in [-0.4, -0.2) is 47.8 Å². The van der Waals surface area contributed by atoms with E-state index in [2.05, 4.69) is 5.32 Å². The van der Waals surface area contributed by atoms with E-state index in [0.29, 0.717) is 0 Å². The maximum absolute atomic E-state index is 14.0. The molecular weight excluding hydrogens is 426 g/mol. The Balaban J connectivity index is 1.94. The fourth-order valence-corrected chi connectivity index (χ4v) is 4.72. The molecule has 1 heterocycles. The largest absolute Gasteiger partial charge is 0.373 e. The molecule has 1 amide bonds. The van der Waals surface area contributed by atoms with Crippen LogP contribution in [0.1, 0.15) is 6.42 Å². The Kier molecular flexibility index (Phi) is 5.39. The van der Waals surface area contributed by atoms with Gasteiger partial charge in [-0.15, -0.1) is 0 Å². The predicted octanol–water partition coefficient (Wildman–Crippen LogP) is 1.99. The van der Waals surface area contributed by atoms with E-state index in [1.807, 2.05) is 0 Å². The van der Waals surface area contributed by atoms with Crippen molar-refractivity contribution < 1.29 is 30.4 Å². The Bertz CT molecular complexity index is 1180. The van der Waals surface area contributed by atoms with E-state index in [1.165, 1.54) is 18.2 Å². The number of hydrogen-bond acceptors (Lipinski definition) is 6. The molecule has 1 fully saturated rings. The number of benzene rings is 2. The maximum atomic E-state index is 14.0. The first-order valence-electron chi connectivity index (χ1n) is 8.45. The van der Waals surface area contributed by atoms with E-state index in [0.717, 1.165) is 35.6 Å². The summed E-state index contributed by atoms with van der Waals surface area (Å²) in [5.74, 6) is -2.39. The SMILES string of the molecule is CS(=O)(=O)c1ccc(NC2CCN(c3c(F)cccc3F)C2=O)c(S(C)(=O)=O)c1. The van der Waals surface area contributed by atoms with Gasteiger partial charge in [-0.2, -0.15) is 0 Å². The van der Waals surface area contributed by atoms with Crippen LogP contribution in [0.15, 0.2) is 46.2 Å². The summed E-state index contributed by atoms with van der Waals surface area (Å²) < 4.78 is 75.8. The minimum atomic E-state index is -3.83. The number of hydrogen-bond donors (Lipinski definition) is 1. The van der Waals surface area contributed by atoms with Crippen molar-refractivity contribution in [2.45, 2.75) is 22.3 Å². The molecule has 1 saturated heterocycles. The van der Waals surface area contributed by atoms with Crippen molar-refractivity contribution in [3.8, 4) is 0 Å². The maximum Gasteiger partial charge on any atom is 0.249 e. The number of sulfone groups is 2. The number of carbonyl (C=O) groups is 1. The molecule has 0 radical (unpaired) electrons. The van der Waals surface area contributed by atoms with Crippen LogP contribution >= 0.6 is 0 Å². The van der Waals surface area contributed by atoms with Gasteiger partial charge in [0.25, 0.3) is 0 Å². The van der Waals surface area contributed by atoms with Gasteiger partial charge in [0.15, 0.2) is 19.7 Å². The highest BCUT2D eigenvalue weighted by atomic mass is 32.2. The lowest BCUT2D eigenvalue weighted by atomic mass is 10.2. The Morgan fingerprint density at radius 1 is 1.00 bits per heavy atom. The van der Waals surface area contributed by atoms with Gasteiger partial charge in [0, 0.05) is 19.1 Å². The summed E-state index contributed by atoms with van der Waals surface area (Å²) in [6.07, 6.45) is 2.03. The van der Waals surface area contributed by atoms with E-state index in [4.69, 9.17) is 0 Å². The number of nitrogens with one attached hydrogen (secondary N) is 1. The third-order valence-electron chi connectivity index (χ3n) is 4.52. The second kappa shape index (κ2) is 7.38. The molecule has 29 heavy (non-hydrogen) atoms. The first-order chi connectivity index (χ1) is 13.4. The minimum absolute atomic E-state index is 0.0317. The molecule has 3 rings (SSSR count).